The number of aryl methyl sites for hydroxylation is 1. The molecule has 0 saturated carbocycles. The summed E-state index contributed by atoms with van der Waals surface area (Å²) < 4.78 is 14.8. The molecule has 0 fully saturated rings. The van der Waals surface area contributed by atoms with E-state index in [4.69, 9.17) is 5.73 Å². The SMILES string of the molecule is Cn1ncc2c(N)nc(CSc3cccc(F)c3)nc21. The van der Waals surface area contributed by atoms with Crippen molar-refractivity contribution in [1.29, 1.82) is 0 Å². The Labute approximate surface area is 119 Å². The molecule has 0 spiro atoms. The maximum absolute atomic E-state index is 13.1. The first-order valence-corrected chi connectivity index (χ1v) is 6.94. The number of hydrogen-bond acceptors (Lipinski definition) is 5. The van der Waals surface area contributed by atoms with Crippen LogP contribution in [0.2, 0.25) is 0 Å². The monoisotopic (exact) mass is 289 g/mol. The van der Waals surface area contributed by atoms with Crippen molar-refractivity contribution in [2.75, 3.05) is 5.73 Å². The van der Waals surface area contributed by atoms with E-state index in [1.54, 1.807) is 24.0 Å². The van der Waals surface area contributed by atoms with Crippen molar-refractivity contribution in [2.24, 2.45) is 7.05 Å². The van der Waals surface area contributed by atoms with Crippen LogP contribution in [0.25, 0.3) is 11.0 Å². The fraction of sp³-hybridized carbons (Fsp3) is 0.154. The fourth-order valence-corrected chi connectivity index (χ4v) is 2.66. The van der Waals surface area contributed by atoms with Gasteiger partial charge in [0.25, 0.3) is 0 Å². The third kappa shape index (κ3) is 2.44. The van der Waals surface area contributed by atoms with Crippen LogP contribution in [0.1, 0.15) is 5.82 Å². The highest BCUT2D eigenvalue weighted by atomic mass is 32.2. The van der Waals surface area contributed by atoms with Crippen LogP contribution in [0.3, 0.4) is 0 Å². The smallest absolute Gasteiger partial charge is 0.163 e. The largest absolute Gasteiger partial charge is 0.383 e. The Morgan fingerprint density at radius 3 is 3.00 bits per heavy atom. The van der Waals surface area contributed by atoms with Crippen molar-refractivity contribution in [2.45, 2.75) is 10.6 Å². The van der Waals surface area contributed by atoms with E-state index >= 15 is 0 Å². The number of aromatic nitrogens is 4. The highest BCUT2D eigenvalue weighted by molar-refractivity contribution is 7.98. The summed E-state index contributed by atoms with van der Waals surface area (Å²) in [4.78, 5) is 9.51. The van der Waals surface area contributed by atoms with Gasteiger partial charge < -0.3 is 5.73 Å². The zero-order valence-corrected chi connectivity index (χ0v) is 11.6. The summed E-state index contributed by atoms with van der Waals surface area (Å²) in [7, 11) is 1.80. The fourth-order valence-electron chi connectivity index (χ4n) is 1.86. The number of thioether (sulfide) groups is 1. The molecule has 3 aromatic rings. The molecule has 0 aliphatic rings. The van der Waals surface area contributed by atoms with E-state index in [1.165, 1.54) is 23.9 Å². The van der Waals surface area contributed by atoms with E-state index in [9.17, 15) is 4.39 Å². The first-order valence-electron chi connectivity index (χ1n) is 5.96. The first-order chi connectivity index (χ1) is 9.63. The molecule has 2 aromatic heterocycles. The highest BCUT2D eigenvalue weighted by Gasteiger charge is 2.09. The van der Waals surface area contributed by atoms with Crippen LogP contribution in [-0.4, -0.2) is 19.7 Å². The predicted octanol–water partition coefficient (Wildman–Crippen LogP) is 2.38. The minimum atomic E-state index is -0.252. The normalized spacial score (nSPS) is 11.1. The quantitative estimate of drug-likeness (QED) is 0.750. The predicted molar refractivity (Wildman–Crippen MR) is 76.7 cm³/mol. The second-order valence-electron chi connectivity index (χ2n) is 4.28. The number of nitrogens with two attached hydrogens (primary N) is 1. The molecule has 0 radical (unpaired) electrons. The van der Waals surface area contributed by atoms with Crippen molar-refractivity contribution >= 4 is 28.6 Å². The van der Waals surface area contributed by atoms with Gasteiger partial charge in [0, 0.05) is 11.9 Å². The van der Waals surface area contributed by atoms with Crippen molar-refractivity contribution in [3.8, 4) is 0 Å². The van der Waals surface area contributed by atoms with Gasteiger partial charge in [-0.1, -0.05) is 6.07 Å². The van der Waals surface area contributed by atoms with Gasteiger partial charge in [0.05, 0.1) is 17.3 Å². The maximum Gasteiger partial charge on any atom is 0.163 e. The molecule has 2 N–H and O–H groups in total. The van der Waals surface area contributed by atoms with Gasteiger partial charge in [-0.2, -0.15) is 5.10 Å². The lowest BCUT2D eigenvalue weighted by Gasteiger charge is -2.03. The van der Waals surface area contributed by atoms with Gasteiger partial charge in [-0.25, -0.2) is 14.4 Å². The minimum Gasteiger partial charge on any atom is -0.383 e. The topological polar surface area (TPSA) is 69.6 Å². The summed E-state index contributed by atoms with van der Waals surface area (Å²) in [5.74, 6) is 1.29. The Kier molecular flexibility index (Phi) is 3.27. The third-order valence-corrected chi connectivity index (χ3v) is 3.82. The molecule has 102 valence electrons. The van der Waals surface area contributed by atoms with E-state index in [0.29, 0.717) is 23.0 Å². The van der Waals surface area contributed by atoms with Crippen molar-refractivity contribution in [3.63, 3.8) is 0 Å². The molecule has 7 heteroatoms. The lowest BCUT2D eigenvalue weighted by molar-refractivity contribution is 0.624. The van der Waals surface area contributed by atoms with Crippen molar-refractivity contribution < 1.29 is 4.39 Å². The molecule has 0 unspecified atom stereocenters. The van der Waals surface area contributed by atoms with Gasteiger partial charge in [0.1, 0.15) is 17.5 Å². The summed E-state index contributed by atoms with van der Waals surface area (Å²) in [6.45, 7) is 0. The van der Waals surface area contributed by atoms with Crippen LogP contribution in [0.5, 0.6) is 0 Å². The summed E-state index contributed by atoms with van der Waals surface area (Å²) in [5, 5.41) is 4.85. The number of fused-ring (bicyclic) bond motifs is 1. The molecule has 20 heavy (non-hydrogen) atoms. The van der Waals surface area contributed by atoms with Gasteiger partial charge in [0.15, 0.2) is 5.65 Å². The number of rotatable bonds is 3. The Hall–Kier alpha value is -2.15. The van der Waals surface area contributed by atoms with Gasteiger partial charge in [-0.15, -0.1) is 11.8 Å². The van der Waals surface area contributed by atoms with Crippen LogP contribution in [0, 0.1) is 5.82 Å². The highest BCUT2D eigenvalue weighted by Crippen LogP contribution is 2.24. The number of anilines is 1. The average molecular weight is 289 g/mol. The Morgan fingerprint density at radius 2 is 2.20 bits per heavy atom. The molecule has 5 nitrogen and oxygen atoms in total. The second-order valence-corrected chi connectivity index (χ2v) is 5.33. The first kappa shape index (κ1) is 12.9. The van der Waals surface area contributed by atoms with Gasteiger partial charge in [-0.05, 0) is 18.2 Å². The van der Waals surface area contributed by atoms with Crippen LogP contribution in [0.4, 0.5) is 10.2 Å². The van der Waals surface area contributed by atoms with Crippen molar-refractivity contribution in [1.82, 2.24) is 19.7 Å². The molecule has 2 heterocycles. The molecule has 0 saturated heterocycles. The molecular weight excluding hydrogens is 277 g/mol. The number of nitrogens with zero attached hydrogens (tertiary/aromatic N) is 4. The summed E-state index contributed by atoms with van der Waals surface area (Å²) in [6.07, 6.45) is 1.65. The molecule has 1 aromatic carbocycles. The maximum atomic E-state index is 13.1. The van der Waals surface area contributed by atoms with Crippen LogP contribution < -0.4 is 5.73 Å². The molecule has 3 rings (SSSR count). The van der Waals surface area contributed by atoms with Crippen molar-refractivity contribution in [3.05, 3.63) is 42.1 Å². The second kappa shape index (κ2) is 5.09. The Bertz CT molecular complexity index is 771. The molecule has 0 amide bonds. The molecular formula is C13H12FN5S. The average Bonchev–Trinajstić information content (AvgIpc) is 2.79. The van der Waals surface area contributed by atoms with Crippen LogP contribution >= 0.6 is 11.8 Å². The summed E-state index contributed by atoms with van der Waals surface area (Å²) in [5.41, 5.74) is 6.59. The van der Waals surface area contributed by atoms with E-state index in [1.807, 2.05) is 6.07 Å². The molecule has 0 bridgehead atoms. The number of benzene rings is 1. The minimum absolute atomic E-state index is 0.252. The van der Waals surface area contributed by atoms with E-state index in [-0.39, 0.29) is 5.82 Å². The summed E-state index contributed by atoms with van der Waals surface area (Å²) >= 11 is 1.46. The Balaban J connectivity index is 1.86. The van der Waals surface area contributed by atoms with Gasteiger partial charge in [0.2, 0.25) is 0 Å². The number of hydrogen-bond donors (Lipinski definition) is 1. The zero-order chi connectivity index (χ0) is 14.1. The molecule has 0 aliphatic carbocycles. The third-order valence-electron chi connectivity index (χ3n) is 2.83. The molecule has 0 atom stereocenters. The Morgan fingerprint density at radius 1 is 1.35 bits per heavy atom. The number of nitrogen functional groups attached to an aromatic ring is 1. The van der Waals surface area contributed by atoms with E-state index in [0.717, 1.165) is 10.3 Å². The zero-order valence-electron chi connectivity index (χ0n) is 10.7. The molecule has 0 aliphatic heterocycles. The number of halogens is 1. The van der Waals surface area contributed by atoms with Gasteiger partial charge in [-0.3, -0.25) is 4.68 Å². The van der Waals surface area contributed by atoms with Crippen LogP contribution in [0.15, 0.2) is 35.4 Å². The standard InChI is InChI=1S/C13H12FN5S/c1-19-13-10(6-16-19)12(15)17-11(18-13)7-20-9-4-2-3-8(14)5-9/h2-6H,7H2,1H3,(H2,15,17,18). The van der Waals surface area contributed by atoms with E-state index < -0.39 is 0 Å². The van der Waals surface area contributed by atoms with Crippen LogP contribution in [-0.2, 0) is 12.8 Å². The summed E-state index contributed by atoms with van der Waals surface area (Å²) in [6, 6.07) is 6.42. The lowest BCUT2D eigenvalue weighted by Crippen LogP contribution is -2.01. The van der Waals surface area contributed by atoms with Gasteiger partial charge >= 0.3 is 0 Å². The van der Waals surface area contributed by atoms with E-state index in [2.05, 4.69) is 15.1 Å². The lowest BCUT2D eigenvalue weighted by atomic mass is 10.4.